The first-order chi connectivity index (χ1) is 11.5. The Kier molecular flexibility index (Phi) is 3.34. The summed E-state index contributed by atoms with van der Waals surface area (Å²) in [6.07, 6.45) is 0. The molecule has 4 aromatic rings. The second-order valence-corrected chi connectivity index (χ2v) is 12.0. The smallest absolute Gasteiger partial charge is 0.118 e. The predicted octanol–water partition coefficient (Wildman–Crippen LogP) is 5.82. The third kappa shape index (κ3) is 2.54. The highest BCUT2D eigenvalue weighted by Gasteiger charge is 2.09. The van der Waals surface area contributed by atoms with Crippen LogP contribution in [0.1, 0.15) is 5.56 Å². The summed E-state index contributed by atoms with van der Waals surface area (Å²) in [7, 11) is -1.37. The van der Waals surface area contributed by atoms with E-state index >= 15 is 0 Å². The normalized spacial score (nSPS) is 11.3. The van der Waals surface area contributed by atoms with E-state index in [2.05, 4.69) is 97.5 Å². The molecule has 0 heterocycles. The van der Waals surface area contributed by atoms with Crippen LogP contribution in [-0.4, -0.2) is 8.07 Å². The molecule has 0 aliphatic heterocycles. The molecule has 0 saturated heterocycles. The van der Waals surface area contributed by atoms with Gasteiger partial charge in [0.15, 0.2) is 0 Å². The Hall–Kier alpha value is -2.74. The SMILES string of the molecule is C[Si](C)(C)C#CC#Cc1ccc2ccc3cccc4ccc1c2c34. The Morgan fingerprint density at radius 1 is 0.667 bits per heavy atom. The quantitative estimate of drug-likeness (QED) is 0.217. The van der Waals surface area contributed by atoms with Gasteiger partial charge in [-0.1, -0.05) is 74.1 Å². The molecule has 0 radical (unpaired) electrons. The van der Waals surface area contributed by atoms with E-state index in [0.717, 1.165) is 5.56 Å². The van der Waals surface area contributed by atoms with Crippen LogP contribution < -0.4 is 0 Å². The van der Waals surface area contributed by atoms with Crippen LogP contribution in [0.4, 0.5) is 0 Å². The maximum absolute atomic E-state index is 3.31. The largest absolute Gasteiger partial charge is 0.130 e. The van der Waals surface area contributed by atoms with Crippen LogP contribution in [0.5, 0.6) is 0 Å². The topological polar surface area (TPSA) is 0 Å². The zero-order valence-corrected chi connectivity index (χ0v) is 15.2. The number of hydrogen-bond donors (Lipinski definition) is 0. The lowest BCUT2D eigenvalue weighted by molar-refractivity contribution is 1.74. The van der Waals surface area contributed by atoms with Gasteiger partial charge < -0.3 is 0 Å². The van der Waals surface area contributed by atoms with Gasteiger partial charge in [0.2, 0.25) is 0 Å². The number of rotatable bonds is 0. The van der Waals surface area contributed by atoms with Crippen LogP contribution in [-0.2, 0) is 0 Å². The van der Waals surface area contributed by atoms with Crippen molar-refractivity contribution >= 4 is 40.4 Å². The highest BCUT2D eigenvalue weighted by molar-refractivity contribution is 6.83. The van der Waals surface area contributed by atoms with Crippen molar-refractivity contribution in [3.63, 3.8) is 0 Å². The molecule has 0 saturated carbocycles. The summed E-state index contributed by atoms with van der Waals surface area (Å²) in [5, 5.41) is 7.72. The molecule has 0 atom stereocenters. The molecule has 0 aromatic heterocycles. The van der Waals surface area contributed by atoms with Gasteiger partial charge in [0.25, 0.3) is 0 Å². The first-order valence-corrected chi connectivity index (χ1v) is 11.7. The molecule has 114 valence electrons. The first-order valence-electron chi connectivity index (χ1n) is 8.23. The Balaban J connectivity index is 1.98. The Morgan fingerprint density at radius 3 is 2.00 bits per heavy atom. The molecular weight excluding hydrogens is 304 g/mol. The monoisotopic (exact) mass is 322 g/mol. The van der Waals surface area contributed by atoms with E-state index in [-0.39, 0.29) is 0 Å². The second-order valence-electron chi connectivity index (χ2n) is 7.22. The average molecular weight is 322 g/mol. The van der Waals surface area contributed by atoms with Crippen LogP contribution in [0.3, 0.4) is 0 Å². The van der Waals surface area contributed by atoms with E-state index in [1.807, 2.05) is 0 Å². The molecule has 0 amide bonds. The Labute approximate surface area is 143 Å². The minimum atomic E-state index is -1.37. The van der Waals surface area contributed by atoms with Crippen molar-refractivity contribution in [2.45, 2.75) is 19.6 Å². The summed E-state index contributed by atoms with van der Waals surface area (Å²) in [6, 6.07) is 19.6. The zero-order chi connectivity index (χ0) is 16.7. The minimum absolute atomic E-state index is 1.06. The average Bonchev–Trinajstić information content (AvgIpc) is 2.56. The lowest BCUT2D eigenvalue weighted by Crippen LogP contribution is -2.16. The van der Waals surface area contributed by atoms with Crippen molar-refractivity contribution in [3.05, 3.63) is 60.2 Å². The van der Waals surface area contributed by atoms with Gasteiger partial charge in [-0.2, -0.15) is 0 Å². The zero-order valence-electron chi connectivity index (χ0n) is 14.2. The Morgan fingerprint density at radius 2 is 1.29 bits per heavy atom. The lowest BCUT2D eigenvalue weighted by atomic mass is 9.92. The van der Waals surface area contributed by atoms with Crippen LogP contribution in [0.25, 0.3) is 32.3 Å². The van der Waals surface area contributed by atoms with Crippen LogP contribution in [0.2, 0.25) is 19.6 Å². The van der Waals surface area contributed by atoms with Gasteiger partial charge in [-0.3, -0.25) is 0 Å². The van der Waals surface area contributed by atoms with E-state index in [1.54, 1.807) is 0 Å². The summed E-state index contributed by atoms with van der Waals surface area (Å²) >= 11 is 0. The fraction of sp³-hybridized carbons (Fsp3) is 0.130. The molecule has 0 spiro atoms. The van der Waals surface area contributed by atoms with Crippen LogP contribution >= 0.6 is 0 Å². The number of benzene rings is 4. The van der Waals surface area contributed by atoms with Gasteiger partial charge in [-0.25, -0.2) is 0 Å². The van der Waals surface area contributed by atoms with Crippen molar-refractivity contribution in [2.24, 2.45) is 0 Å². The first kappa shape index (κ1) is 14.8. The fourth-order valence-electron chi connectivity index (χ4n) is 3.16. The standard InChI is InChI=1S/C23H18Si/c1-24(2,3)16-5-4-7-17-10-11-20-13-12-18-8-6-9-19-14-15-21(17)23(20)22(18)19/h6,8-15H,1-3H3. The van der Waals surface area contributed by atoms with Crippen molar-refractivity contribution < 1.29 is 0 Å². The van der Waals surface area contributed by atoms with Crippen molar-refractivity contribution in [1.82, 2.24) is 0 Å². The van der Waals surface area contributed by atoms with Crippen molar-refractivity contribution in [1.29, 1.82) is 0 Å². The fourth-order valence-corrected chi connectivity index (χ4v) is 3.60. The molecule has 0 aliphatic rings. The third-order valence-corrected chi connectivity index (χ3v) is 5.10. The lowest BCUT2D eigenvalue weighted by Gasteiger charge is -2.11. The maximum atomic E-state index is 3.31. The molecule has 0 fully saturated rings. The molecule has 4 aromatic carbocycles. The Bertz CT molecular complexity index is 1170. The van der Waals surface area contributed by atoms with Gasteiger partial charge in [0.05, 0.1) is 0 Å². The predicted molar refractivity (Wildman–Crippen MR) is 108 cm³/mol. The molecule has 24 heavy (non-hydrogen) atoms. The molecule has 0 aliphatic carbocycles. The highest BCUT2D eigenvalue weighted by atomic mass is 28.3. The molecular formula is C23H18Si. The highest BCUT2D eigenvalue weighted by Crippen LogP contribution is 2.35. The molecule has 0 unspecified atom stereocenters. The molecule has 0 N–H and O–H groups in total. The summed E-state index contributed by atoms with van der Waals surface area (Å²) in [4.78, 5) is 0. The van der Waals surface area contributed by atoms with E-state index in [9.17, 15) is 0 Å². The van der Waals surface area contributed by atoms with E-state index in [4.69, 9.17) is 0 Å². The van der Waals surface area contributed by atoms with Crippen molar-refractivity contribution in [2.75, 3.05) is 0 Å². The van der Waals surface area contributed by atoms with Crippen molar-refractivity contribution in [3.8, 4) is 23.3 Å². The van der Waals surface area contributed by atoms with Gasteiger partial charge in [0, 0.05) is 5.56 Å². The molecule has 4 rings (SSSR count). The van der Waals surface area contributed by atoms with E-state index in [0.29, 0.717) is 0 Å². The molecule has 0 nitrogen and oxygen atoms in total. The molecule has 0 bridgehead atoms. The van der Waals surface area contributed by atoms with Gasteiger partial charge >= 0.3 is 0 Å². The van der Waals surface area contributed by atoms with Gasteiger partial charge in [-0.15, -0.1) is 5.54 Å². The maximum Gasteiger partial charge on any atom is 0.130 e. The van der Waals surface area contributed by atoms with E-state index in [1.165, 1.54) is 32.3 Å². The summed E-state index contributed by atoms with van der Waals surface area (Å²) in [6.45, 7) is 6.70. The van der Waals surface area contributed by atoms with E-state index < -0.39 is 8.07 Å². The summed E-state index contributed by atoms with van der Waals surface area (Å²) in [5.41, 5.74) is 4.37. The van der Waals surface area contributed by atoms with Gasteiger partial charge in [-0.05, 0) is 50.2 Å². The number of hydrogen-bond acceptors (Lipinski definition) is 0. The minimum Gasteiger partial charge on any atom is -0.118 e. The van der Waals surface area contributed by atoms with Crippen LogP contribution in [0, 0.1) is 23.3 Å². The van der Waals surface area contributed by atoms with Gasteiger partial charge in [0.1, 0.15) is 8.07 Å². The summed E-state index contributed by atoms with van der Waals surface area (Å²) in [5.74, 6) is 9.38. The summed E-state index contributed by atoms with van der Waals surface area (Å²) < 4.78 is 0. The van der Waals surface area contributed by atoms with Crippen LogP contribution in [0.15, 0.2) is 54.6 Å². The second kappa shape index (κ2) is 5.41. The third-order valence-electron chi connectivity index (χ3n) is 4.23. The molecule has 1 heteroatoms.